The van der Waals surface area contributed by atoms with Crippen LogP contribution in [0.1, 0.15) is 31.4 Å². The van der Waals surface area contributed by atoms with E-state index >= 15 is 0 Å². The van der Waals surface area contributed by atoms with Gasteiger partial charge >= 0.3 is 0 Å². The highest BCUT2D eigenvalue weighted by Crippen LogP contribution is 2.19. The van der Waals surface area contributed by atoms with Crippen molar-refractivity contribution in [3.8, 4) is 0 Å². The summed E-state index contributed by atoms with van der Waals surface area (Å²) >= 11 is 0. The Balaban J connectivity index is 2.90. The average molecular weight is 220 g/mol. The van der Waals surface area contributed by atoms with E-state index in [9.17, 15) is 4.79 Å². The smallest absolute Gasteiger partial charge is 0.244 e. The van der Waals surface area contributed by atoms with Gasteiger partial charge in [-0.05, 0) is 44.4 Å². The maximum absolute atomic E-state index is 11.9. The summed E-state index contributed by atoms with van der Waals surface area (Å²) in [6, 6.07) is 5.84. The number of nitrogens with two attached hydrogens (primary N) is 1. The molecule has 0 heterocycles. The number of aryl methyl sites for hydroxylation is 1. The van der Waals surface area contributed by atoms with E-state index in [1.54, 1.807) is 6.92 Å². The second-order valence-corrected chi connectivity index (χ2v) is 4.47. The minimum absolute atomic E-state index is 0.135. The highest BCUT2D eigenvalue weighted by Gasteiger charge is 2.26. The van der Waals surface area contributed by atoms with Gasteiger partial charge in [0.2, 0.25) is 5.91 Å². The average Bonchev–Trinajstić information content (AvgIpc) is 2.24. The zero-order valence-electron chi connectivity index (χ0n) is 10.4. The number of carbonyl (C=O) groups excluding carboxylic acids is 1. The number of amides is 1. The molecule has 1 aromatic carbocycles. The van der Waals surface area contributed by atoms with Gasteiger partial charge in [-0.3, -0.25) is 4.79 Å². The fraction of sp³-hybridized carbons (Fsp3) is 0.462. The van der Waals surface area contributed by atoms with Gasteiger partial charge in [0.25, 0.3) is 0 Å². The molecule has 0 aliphatic carbocycles. The van der Waals surface area contributed by atoms with Crippen LogP contribution in [0.2, 0.25) is 0 Å². The minimum atomic E-state index is -0.809. The molecule has 1 unspecified atom stereocenters. The molecule has 3 heteroatoms. The third kappa shape index (κ3) is 2.61. The number of rotatable bonds is 3. The summed E-state index contributed by atoms with van der Waals surface area (Å²) in [5.41, 5.74) is 8.16. The maximum atomic E-state index is 11.9. The molecule has 0 radical (unpaired) electrons. The van der Waals surface area contributed by atoms with Crippen LogP contribution >= 0.6 is 0 Å². The van der Waals surface area contributed by atoms with Crippen LogP contribution in [0.15, 0.2) is 18.2 Å². The van der Waals surface area contributed by atoms with Crippen molar-refractivity contribution in [2.45, 2.75) is 39.7 Å². The summed E-state index contributed by atoms with van der Waals surface area (Å²) in [6.07, 6.45) is 0.615. The Morgan fingerprint density at radius 3 is 2.62 bits per heavy atom. The SMILES string of the molecule is CCC(C)(N)C(=O)Nc1cccc(C)c1C. The lowest BCUT2D eigenvalue weighted by molar-refractivity contribution is -0.120. The van der Waals surface area contributed by atoms with E-state index < -0.39 is 5.54 Å². The van der Waals surface area contributed by atoms with Gasteiger partial charge < -0.3 is 11.1 Å². The van der Waals surface area contributed by atoms with Gasteiger partial charge in [-0.25, -0.2) is 0 Å². The molecule has 0 saturated carbocycles. The lowest BCUT2D eigenvalue weighted by Gasteiger charge is -2.22. The molecule has 16 heavy (non-hydrogen) atoms. The topological polar surface area (TPSA) is 55.1 Å². The van der Waals surface area contributed by atoms with Crippen molar-refractivity contribution in [2.24, 2.45) is 5.73 Å². The fourth-order valence-electron chi connectivity index (χ4n) is 1.31. The Bertz CT molecular complexity index is 397. The van der Waals surface area contributed by atoms with E-state index in [2.05, 4.69) is 5.32 Å². The van der Waals surface area contributed by atoms with E-state index in [-0.39, 0.29) is 5.91 Å². The number of anilines is 1. The van der Waals surface area contributed by atoms with Crippen molar-refractivity contribution in [1.82, 2.24) is 0 Å². The zero-order chi connectivity index (χ0) is 12.3. The van der Waals surface area contributed by atoms with Gasteiger partial charge in [0.15, 0.2) is 0 Å². The van der Waals surface area contributed by atoms with E-state index in [0.29, 0.717) is 6.42 Å². The van der Waals surface area contributed by atoms with Crippen LogP contribution in [0.25, 0.3) is 0 Å². The van der Waals surface area contributed by atoms with Crippen molar-refractivity contribution in [1.29, 1.82) is 0 Å². The molecule has 3 nitrogen and oxygen atoms in total. The Morgan fingerprint density at radius 1 is 1.44 bits per heavy atom. The van der Waals surface area contributed by atoms with Crippen LogP contribution in [-0.2, 0) is 4.79 Å². The van der Waals surface area contributed by atoms with Gasteiger partial charge in [0.05, 0.1) is 5.54 Å². The summed E-state index contributed by atoms with van der Waals surface area (Å²) in [4.78, 5) is 11.9. The third-order valence-electron chi connectivity index (χ3n) is 3.11. The van der Waals surface area contributed by atoms with Crippen molar-refractivity contribution < 1.29 is 4.79 Å². The van der Waals surface area contributed by atoms with E-state index in [1.807, 2.05) is 39.0 Å². The van der Waals surface area contributed by atoms with Crippen LogP contribution in [0.3, 0.4) is 0 Å². The van der Waals surface area contributed by atoms with E-state index in [0.717, 1.165) is 16.8 Å². The number of hydrogen-bond acceptors (Lipinski definition) is 2. The van der Waals surface area contributed by atoms with Crippen molar-refractivity contribution in [3.05, 3.63) is 29.3 Å². The largest absolute Gasteiger partial charge is 0.324 e. The second-order valence-electron chi connectivity index (χ2n) is 4.47. The number of nitrogens with one attached hydrogen (secondary N) is 1. The lowest BCUT2D eigenvalue weighted by Crippen LogP contribution is -2.47. The van der Waals surface area contributed by atoms with Crippen molar-refractivity contribution >= 4 is 11.6 Å². The van der Waals surface area contributed by atoms with Crippen LogP contribution in [0, 0.1) is 13.8 Å². The second kappa shape index (κ2) is 4.66. The quantitative estimate of drug-likeness (QED) is 0.821. The highest BCUT2D eigenvalue weighted by molar-refractivity contribution is 5.98. The van der Waals surface area contributed by atoms with Gasteiger partial charge in [0.1, 0.15) is 0 Å². The molecule has 88 valence electrons. The standard InChI is InChI=1S/C13H20N2O/c1-5-13(4,14)12(16)15-11-8-6-7-9(2)10(11)3/h6-8H,5,14H2,1-4H3,(H,15,16). The third-order valence-corrected chi connectivity index (χ3v) is 3.11. The molecular weight excluding hydrogens is 200 g/mol. The van der Waals surface area contributed by atoms with Gasteiger partial charge in [-0.1, -0.05) is 19.1 Å². The molecule has 0 spiro atoms. The molecule has 0 aromatic heterocycles. The molecule has 1 rings (SSSR count). The van der Waals surface area contributed by atoms with E-state index in [1.165, 1.54) is 0 Å². The Kier molecular flexibility index (Phi) is 3.70. The van der Waals surface area contributed by atoms with Crippen LogP contribution in [0.5, 0.6) is 0 Å². The molecule has 0 bridgehead atoms. The van der Waals surface area contributed by atoms with Gasteiger partial charge in [0, 0.05) is 5.69 Å². The molecule has 1 atom stereocenters. The first-order valence-electron chi connectivity index (χ1n) is 5.55. The monoisotopic (exact) mass is 220 g/mol. The zero-order valence-corrected chi connectivity index (χ0v) is 10.4. The Labute approximate surface area is 97.0 Å². The summed E-state index contributed by atoms with van der Waals surface area (Å²) in [5, 5.41) is 2.88. The maximum Gasteiger partial charge on any atom is 0.244 e. The molecule has 3 N–H and O–H groups in total. The van der Waals surface area contributed by atoms with Crippen molar-refractivity contribution in [3.63, 3.8) is 0 Å². The predicted octanol–water partition coefficient (Wildman–Crippen LogP) is 2.37. The fourth-order valence-corrected chi connectivity index (χ4v) is 1.31. The number of hydrogen-bond donors (Lipinski definition) is 2. The number of benzene rings is 1. The summed E-state index contributed by atoms with van der Waals surface area (Å²) in [5.74, 6) is -0.135. The molecule has 0 aliphatic heterocycles. The summed E-state index contributed by atoms with van der Waals surface area (Å²) in [6.45, 7) is 7.66. The van der Waals surface area contributed by atoms with E-state index in [4.69, 9.17) is 5.73 Å². The first kappa shape index (κ1) is 12.7. The summed E-state index contributed by atoms with van der Waals surface area (Å²) < 4.78 is 0. The first-order valence-corrected chi connectivity index (χ1v) is 5.55. The van der Waals surface area contributed by atoms with Crippen LogP contribution in [0.4, 0.5) is 5.69 Å². The first-order chi connectivity index (χ1) is 7.38. The van der Waals surface area contributed by atoms with Crippen LogP contribution < -0.4 is 11.1 Å². The van der Waals surface area contributed by atoms with Gasteiger partial charge in [-0.2, -0.15) is 0 Å². The Morgan fingerprint density at radius 2 is 2.06 bits per heavy atom. The Hall–Kier alpha value is -1.35. The highest BCUT2D eigenvalue weighted by atomic mass is 16.2. The van der Waals surface area contributed by atoms with Gasteiger partial charge in [-0.15, -0.1) is 0 Å². The predicted molar refractivity (Wildman–Crippen MR) is 67.4 cm³/mol. The molecule has 0 aliphatic rings. The molecule has 1 amide bonds. The molecule has 0 saturated heterocycles. The lowest BCUT2D eigenvalue weighted by atomic mass is 9.99. The summed E-state index contributed by atoms with van der Waals surface area (Å²) in [7, 11) is 0. The van der Waals surface area contributed by atoms with Crippen LogP contribution in [-0.4, -0.2) is 11.4 Å². The minimum Gasteiger partial charge on any atom is -0.324 e. The molecular formula is C13H20N2O. The number of carbonyl (C=O) groups is 1. The molecule has 1 aromatic rings. The van der Waals surface area contributed by atoms with Crippen molar-refractivity contribution in [2.75, 3.05) is 5.32 Å². The normalized spacial score (nSPS) is 14.3. The molecule has 0 fully saturated rings.